The van der Waals surface area contributed by atoms with Crippen LogP contribution in [-0.4, -0.2) is 83.1 Å². The van der Waals surface area contributed by atoms with Gasteiger partial charge in [0.1, 0.15) is 11.4 Å². The molecule has 2 aromatic rings. The Bertz CT molecular complexity index is 1530. The number of aromatic nitrogens is 2. The molecule has 1 aromatic heterocycles. The van der Waals surface area contributed by atoms with Crippen molar-refractivity contribution in [3.63, 3.8) is 0 Å². The van der Waals surface area contributed by atoms with Crippen LogP contribution in [0, 0.1) is 11.3 Å². The second-order valence-electron chi connectivity index (χ2n) is 12.9. The molecule has 3 fully saturated rings. The summed E-state index contributed by atoms with van der Waals surface area (Å²) in [5, 5.41) is 9.20. The smallest absolute Gasteiger partial charge is 0.419 e. The number of nitrogens with zero attached hydrogens (tertiary/aromatic N) is 7. The van der Waals surface area contributed by atoms with Crippen molar-refractivity contribution in [1.82, 2.24) is 19.8 Å². The average Bonchev–Trinajstić information content (AvgIpc) is 3.41. The summed E-state index contributed by atoms with van der Waals surface area (Å²) in [6.07, 6.45) is 3.16. The van der Waals surface area contributed by atoms with Crippen LogP contribution in [0.25, 0.3) is 0 Å². The zero-order valence-corrected chi connectivity index (χ0v) is 26.8. The highest BCUT2D eigenvalue weighted by atomic mass is 35.5. The van der Waals surface area contributed by atoms with Crippen LogP contribution in [0.3, 0.4) is 0 Å². The van der Waals surface area contributed by atoms with Crippen LogP contribution in [-0.2, 0) is 23.9 Å². The van der Waals surface area contributed by atoms with E-state index in [-0.39, 0.29) is 41.6 Å². The van der Waals surface area contributed by atoms with E-state index in [1.807, 2.05) is 0 Å². The first-order chi connectivity index (χ1) is 22.0. The van der Waals surface area contributed by atoms with Gasteiger partial charge in [-0.05, 0) is 70.3 Å². The van der Waals surface area contributed by atoms with E-state index < -0.39 is 17.3 Å². The molecule has 1 saturated carbocycles. The molecule has 6 rings (SSSR count). The quantitative estimate of drug-likeness (QED) is 0.339. The Labute approximate surface area is 272 Å². The van der Waals surface area contributed by atoms with Crippen LogP contribution in [0.2, 0.25) is 5.02 Å². The zero-order chi connectivity index (χ0) is 32.6. The van der Waals surface area contributed by atoms with Gasteiger partial charge >= 0.3 is 12.2 Å². The van der Waals surface area contributed by atoms with Crippen molar-refractivity contribution in [3.8, 4) is 12.1 Å². The molecular formula is C33H39ClF3N7O2. The number of fused-ring (bicyclic) bond motifs is 1. The van der Waals surface area contributed by atoms with Crippen LogP contribution in [0.15, 0.2) is 30.9 Å². The number of piperazine rings is 1. The summed E-state index contributed by atoms with van der Waals surface area (Å²) in [4.78, 5) is 30.2. The largest absolute Gasteiger partial charge is 0.457 e. The lowest BCUT2D eigenvalue weighted by Gasteiger charge is -2.44. The predicted molar refractivity (Wildman–Crippen MR) is 169 cm³/mol. The summed E-state index contributed by atoms with van der Waals surface area (Å²) in [5.41, 5.74) is 0.212. The highest BCUT2D eigenvalue weighted by molar-refractivity contribution is 6.31. The van der Waals surface area contributed by atoms with E-state index in [1.165, 1.54) is 24.3 Å². The van der Waals surface area contributed by atoms with Gasteiger partial charge in [0.2, 0.25) is 5.91 Å². The van der Waals surface area contributed by atoms with Crippen molar-refractivity contribution in [1.29, 1.82) is 5.26 Å². The van der Waals surface area contributed by atoms with E-state index in [4.69, 9.17) is 26.3 Å². The third-order valence-corrected chi connectivity index (χ3v) is 10.4. The maximum atomic E-state index is 14.1. The predicted octanol–water partition coefficient (Wildman–Crippen LogP) is 5.61. The molecule has 13 heteroatoms. The number of rotatable bonds is 8. The minimum Gasteiger partial charge on any atom is -0.457 e. The minimum atomic E-state index is -4.62. The third-order valence-electron chi connectivity index (χ3n) is 10.1. The topological polar surface area (TPSA) is 88.8 Å². The Kier molecular flexibility index (Phi) is 9.09. The van der Waals surface area contributed by atoms with E-state index in [2.05, 4.69) is 29.5 Å². The summed E-state index contributed by atoms with van der Waals surface area (Å²) < 4.78 is 49.1. The lowest BCUT2D eigenvalue weighted by molar-refractivity contribution is -0.137. The van der Waals surface area contributed by atoms with E-state index in [1.54, 1.807) is 9.80 Å². The number of nitriles is 1. The summed E-state index contributed by atoms with van der Waals surface area (Å²) in [5.74, 6) is 0.429. The van der Waals surface area contributed by atoms with E-state index in [0.717, 1.165) is 50.6 Å². The molecule has 46 heavy (non-hydrogen) atoms. The van der Waals surface area contributed by atoms with Crippen molar-refractivity contribution < 1.29 is 22.7 Å². The first kappa shape index (κ1) is 32.4. The normalized spacial score (nSPS) is 23.0. The number of halogens is 4. The van der Waals surface area contributed by atoms with Gasteiger partial charge in [0.25, 0.3) is 0 Å². The van der Waals surface area contributed by atoms with Crippen LogP contribution < -0.4 is 14.5 Å². The molecule has 0 spiro atoms. The highest BCUT2D eigenvalue weighted by Crippen LogP contribution is 2.45. The lowest BCUT2D eigenvalue weighted by Crippen LogP contribution is -2.55. The number of hydrogen-bond acceptors (Lipinski definition) is 8. The Morgan fingerprint density at radius 2 is 1.98 bits per heavy atom. The van der Waals surface area contributed by atoms with Crippen LogP contribution in [0.4, 0.5) is 24.7 Å². The number of carbonyl (C=O) groups is 1. The zero-order valence-electron chi connectivity index (χ0n) is 26.0. The summed E-state index contributed by atoms with van der Waals surface area (Å²) in [6.45, 7) is 6.34. The van der Waals surface area contributed by atoms with Crippen molar-refractivity contribution in [2.75, 3.05) is 49.6 Å². The first-order valence-electron chi connectivity index (χ1n) is 16.0. The number of benzene rings is 1. The third kappa shape index (κ3) is 6.36. The number of anilines is 2. The number of hydrogen-bond donors (Lipinski definition) is 0. The number of alkyl halides is 3. The maximum absolute atomic E-state index is 14.1. The van der Waals surface area contributed by atoms with Crippen molar-refractivity contribution in [2.24, 2.45) is 0 Å². The molecule has 4 heterocycles. The highest BCUT2D eigenvalue weighted by Gasteiger charge is 2.44. The monoisotopic (exact) mass is 657 g/mol. The molecule has 1 amide bonds. The van der Waals surface area contributed by atoms with Crippen molar-refractivity contribution in [3.05, 3.63) is 52.7 Å². The van der Waals surface area contributed by atoms with E-state index in [0.29, 0.717) is 50.2 Å². The van der Waals surface area contributed by atoms with Gasteiger partial charge in [-0.15, -0.1) is 0 Å². The van der Waals surface area contributed by atoms with Gasteiger partial charge in [-0.2, -0.15) is 28.4 Å². The Morgan fingerprint density at radius 3 is 2.63 bits per heavy atom. The molecule has 1 aromatic carbocycles. The molecule has 1 unspecified atom stereocenters. The second kappa shape index (κ2) is 12.9. The van der Waals surface area contributed by atoms with Gasteiger partial charge in [0.05, 0.1) is 47.0 Å². The average molecular weight is 658 g/mol. The molecule has 246 valence electrons. The summed E-state index contributed by atoms with van der Waals surface area (Å²) in [7, 11) is 2.14. The number of amides is 1. The van der Waals surface area contributed by atoms with Crippen molar-refractivity contribution in [2.45, 2.75) is 81.8 Å². The van der Waals surface area contributed by atoms with Gasteiger partial charge < -0.3 is 24.3 Å². The van der Waals surface area contributed by atoms with Gasteiger partial charge in [-0.1, -0.05) is 24.2 Å². The summed E-state index contributed by atoms with van der Waals surface area (Å²) >= 11 is 6.08. The van der Waals surface area contributed by atoms with Crippen LogP contribution >= 0.6 is 11.6 Å². The molecular weight excluding hydrogens is 619 g/mol. The molecule has 0 N–H and O–H groups in total. The summed E-state index contributed by atoms with van der Waals surface area (Å²) in [6, 6.07) is 6.70. The molecule has 0 radical (unpaired) electrons. The Morgan fingerprint density at radius 1 is 1.17 bits per heavy atom. The first-order valence-corrected chi connectivity index (χ1v) is 16.3. The Hall–Kier alpha value is -3.56. The van der Waals surface area contributed by atoms with Crippen molar-refractivity contribution >= 4 is 29.0 Å². The Balaban J connectivity index is 1.36. The molecule has 1 aliphatic carbocycles. The minimum absolute atomic E-state index is 0.0126. The van der Waals surface area contributed by atoms with Crippen LogP contribution in [0.5, 0.6) is 6.01 Å². The van der Waals surface area contributed by atoms with E-state index in [9.17, 15) is 23.2 Å². The molecule has 4 aliphatic rings. The lowest BCUT2D eigenvalue weighted by atomic mass is 9.75. The maximum Gasteiger partial charge on any atom is 0.419 e. The number of likely N-dealkylation sites (tertiary alicyclic amines) is 1. The molecule has 2 saturated heterocycles. The van der Waals surface area contributed by atoms with Gasteiger partial charge in [0.15, 0.2) is 0 Å². The fourth-order valence-corrected chi connectivity index (χ4v) is 7.75. The molecule has 2 atom stereocenters. The van der Waals surface area contributed by atoms with Gasteiger partial charge in [-0.25, -0.2) is 0 Å². The second-order valence-corrected chi connectivity index (χ2v) is 13.3. The van der Waals surface area contributed by atoms with Gasteiger partial charge in [0, 0.05) is 44.2 Å². The van der Waals surface area contributed by atoms with Gasteiger partial charge in [-0.3, -0.25) is 4.79 Å². The standard InChI is InChI=1S/C33H39ClF3N7O2/c1-3-28(45)44-18-17-43(20-23(44)10-14-38)30-24-11-16-42(27-9-4-8-25(34)29(27)33(35,36)37)21-26(24)39-31(40-30)46-32(12-6-13-32)19-22-7-5-15-41(22)2/h3-4,8-9,22-23H,1,5-7,10-13,15-21H2,2H3/t22?,23-/m0/s1. The molecule has 0 bridgehead atoms. The SMILES string of the molecule is C=CC(=O)N1CCN(c2nc(OC3(CC4CCCN4C)CCC3)nc3c2CCN(c2cccc(Cl)c2C(F)(F)F)C3)C[C@@H]1CC#N. The number of carbonyl (C=O) groups excluding carboxylic acids is 1. The molecule has 9 nitrogen and oxygen atoms in total. The van der Waals surface area contributed by atoms with E-state index >= 15 is 0 Å². The number of ether oxygens (including phenoxy) is 1. The molecule has 3 aliphatic heterocycles. The fraction of sp³-hybridized carbons (Fsp3) is 0.576. The fourth-order valence-electron chi connectivity index (χ4n) is 7.47. The van der Waals surface area contributed by atoms with Crippen LogP contribution in [0.1, 0.15) is 61.8 Å².